The van der Waals surface area contributed by atoms with E-state index >= 15 is 0 Å². The number of hydrogen-bond acceptors (Lipinski definition) is 3. The van der Waals surface area contributed by atoms with Crippen LogP contribution in [0.5, 0.6) is 11.5 Å². The average molecular weight is 338 g/mol. The van der Waals surface area contributed by atoms with Crippen molar-refractivity contribution in [3.8, 4) is 11.5 Å². The topological polar surface area (TPSA) is 41.6 Å². The number of hydrogen-bond donors (Lipinski definition) is 1. The van der Waals surface area contributed by atoms with E-state index in [4.69, 9.17) is 4.74 Å². The van der Waals surface area contributed by atoms with Crippen molar-refractivity contribution in [3.63, 3.8) is 0 Å². The molecule has 3 rings (SSSR count). The molecule has 132 valence electrons. The van der Waals surface area contributed by atoms with Crippen LogP contribution >= 0.6 is 0 Å². The van der Waals surface area contributed by atoms with Crippen LogP contribution in [0.15, 0.2) is 48.5 Å². The minimum absolute atomic E-state index is 0.176. The molecular weight excluding hydrogens is 312 g/mol. The van der Waals surface area contributed by atoms with Gasteiger partial charge in [0.1, 0.15) is 11.5 Å². The van der Waals surface area contributed by atoms with Crippen LogP contribution in [0.1, 0.15) is 30.9 Å². The highest BCUT2D eigenvalue weighted by Gasteiger charge is 2.20. The summed E-state index contributed by atoms with van der Waals surface area (Å²) >= 11 is 0. The van der Waals surface area contributed by atoms with E-state index in [0.29, 0.717) is 6.04 Å². The summed E-state index contributed by atoms with van der Waals surface area (Å²) < 4.78 is 6.09. The molecule has 2 aromatic carbocycles. The van der Waals surface area contributed by atoms with Crippen molar-refractivity contribution in [2.24, 2.45) is 0 Å². The summed E-state index contributed by atoms with van der Waals surface area (Å²) in [7, 11) is 0. The molecule has 2 aromatic rings. The van der Waals surface area contributed by atoms with Crippen molar-refractivity contribution in [3.05, 3.63) is 59.7 Å². The summed E-state index contributed by atoms with van der Waals surface area (Å²) in [4.78, 5) is 13.3. The lowest BCUT2D eigenvalue weighted by Crippen LogP contribution is -2.43. The van der Waals surface area contributed by atoms with E-state index in [1.807, 2.05) is 35.2 Å². The minimum atomic E-state index is 0.176. The van der Waals surface area contributed by atoms with Crippen LogP contribution in [0.4, 0.5) is 0 Å². The molecule has 1 saturated heterocycles. The zero-order valence-corrected chi connectivity index (χ0v) is 15.0. The van der Waals surface area contributed by atoms with Gasteiger partial charge in [-0.25, -0.2) is 0 Å². The molecule has 1 fully saturated rings. The van der Waals surface area contributed by atoms with Crippen molar-refractivity contribution >= 4 is 5.91 Å². The molecule has 1 aliphatic heterocycles. The lowest BCUT2D eigenvalue weighted by molar-refractivity contribution is -0.129. The van der Waals surface area contributed by atoms with E-state index < -0.39 is 0 Å². The Kier molecular flexibility index (Phi) is 5.71. The molecule has 4 heteroatoms. The average Bonchev–Trinajstić information content (AvgIpc) is 2.62. The number of para-hydroxylation sites is 1. The maximum absolute atomic E-state index is 11.4. The van der Waals surface area contributed by atoms with Crippen LogP contribution in [0.3, 0.4) is 0 Å². The quantitative estimate of drug-likeness (QED) is 0.899. The minimum Gasteiger partial charge on any atom is -0.457 e. The SMILES string of the molecule is CC(=O)N1CCC(NCc2ccc(C)cc2Oc2ccccc2)CC1. The predicted molar refractivity (Wildman–Crippen MR) is 99.8 cm³/mol. The van der Waals surface area contributed by atoms with Gasteiger partial charge >= 0.3 is 0 Å². The summed E-state index contributed by atoms with van der Waals surface area (Å²) in [6, 6.07) is 16.7. The first-order valence-electron chi connectivity index (χ1n) is 8.93. The van der Waals surface area contributed by atoms with Crippen LogP contribution in [0, 0.1) is 6.92 Å². The number of nitrogens with one attached hydrogen (secondary N) is 1. The second-order valence-corrected chi connectivity index (χ2v) is 6.69. The normalized spacial score (nSPS) is 15.2. The maximum atomic E-state index is 11.4. The zero-order valence-electron chi connectivity index (χ0n) is 15.0. The van der Waals surface area contributed by atoms with Crippen LogP contribution in [-0.4, -0.2) is 29.9 Å². The number of piperidine rings is 1. The number of benzene rings is 2. The highest BCUT2D eigenvalue weighted by Crippen LogP contribution is 2.26. The van der Waals surface area contributed by atoms with Crippen molar-refractivity contribution in [1.29, 1.82) is 0 Å². The first-order valence-corrected chi connectivity index (χ1v) is 8.93. The lowest BCUT2D eigenvalue weighted by Gasteiger charge is -2.32. The second-order valence-electron chi connectivity index (χ2n) is 6.69. The summed E-state index contributed by atoms with van der Waals surface area (Å²) in [6.45, 7) is 6.18. The van der Waals surface area contributed by atoms with Gasteiger partial charge in [-0.15, -0.1) is 0 Å². The first kappa shape index (κ1) is 17.5. The standard InChI is InChI=1S/C21H26N2O2/c1-16-8-9-18(21(14-16)25-20-6-4-3-5-7-20)15-22-19-10-12-23(13-11-19)17(2)24/h3-9,14,19,22H,10-13,15H2,1-2H3. The van der Waals surface area contributed by atoms with Gasteiger partial charge in [0.15, 0.2) is 0 Å². The number of aryl methyl sites for hydroxylation is 1. The van der Waals surface area contributed by atoms with Crippen molar-refractivity contribution < 1.29 is 9.53 Å². The van der Waals surface area contributed by atoms with E-state index in [1.54, 1.807) is 6.92 Å². The number of ether oxygens (including phenoxy) is 1. The van der Waals surface area contributed by atoms with Crippen molar-refractivity contribution in [2.75, 3.05) is 13.1 Å². The number of rotatable bonds is 5. The van der Waals surface area contributed by atoms with Gasteiger partial charge < -0.3 is 15.0 Å². The maximum Gasteiger partial charge on any atom is 0.219 e. The molecule has 0 aromatic heterocycles. The summed E-state index contributed by atoms with van der Waals surface area (Å²) in [5, 5.41) is 3.63. The van der Waals surface area contributed by atoms with Crippen LogP contribution in [-0.2, 0) is 11.3 Å². The molecule has 0 aliphatic carbocycles. The van der Waals surface area contributed by atoms with E-state index in [2.05, 4.69) is 30.4 Å². The second kappa shape index (κ2) is 8.17. The number of carbonyl (C=O) groups is 1. The highest BCUT2D eigenvalue weighted by atomic mass is 16.5. The molecule has 0 bridgehead atoms. The van der Waals surface area contributed by atoms with Gasteiger partial charge in [0.25, 0.3) is 0 Å². The van der Waals surface area contributed by atoms with E-state index in [-0.39, 0.29) is 5.91 Å². The van der Waals surface area contributed by atoms with Crippen LogP contribution < -0.4 is 10.1 Å². The Morgan fingerprint density at radius 2 is 1.88 bits per heavy atom. The van der Waals surface area contributed by atoms with Crippen LogP contribution in [0.2, 0.25) is 0 Å². The number of nitrogens with zero attached hydrogens (tertiary/aromatic N) is 1. The van der Waals surface area contributed by atoms with Gasteiger partial charge in [-0.2, -0.15) is 0 Å². The molecule has 1 N–H and O–H groups in total. The largest absolute Gasteiger partial charge is 0.457 e. The Morgan fingerprint density at radius 3 is 2.56 bits per heavy atom. The Morgan fingerprint density at radius 1 is 1.16 bits per heavy atom. The number of amides is 1. The Labute approximate surface area is 149 Å². The molecule has 1 heterocycles. The summed E-state index contributed by atoms with van der Waals surface area (Å²) in [6.07, 6.45) is 2.00. The molecule has 0 spiro atoms. The fourth-order valence-corrected chi connectivity index (χ4v) is 3.17. The lowest BCUT2D eigenvalue weighted by atomic mass is 10.0. The van der Waals surface area contributed by atoms with Gasteiger partial charge in [-0.1, -0.05) is 30.3 Å². The fourth-order valence-electron chi connectivity index (χ4n) is 3.17. The van der Waals surface area contributed by atoms with E-state index in [9.17, 15) is 4.79 Å². The third kappa shape index (κ3) is 4.83. The first-order chi connectivity index (χ1) is 12.1. The molecule has 4 nitrogen and oxygen atoms in total. The fraction of sp³-hybridized carbons (Fsp3) is 0.381. The molecule has 1 amide bonds. The Hall–Kier alpha value is -2.33. The van der Waals surface area contributed by atoms with Gasteiger partial charge in [-0.3, -0.25) is 4.79 Å². The van der Waals surface area contributed by atoms with E-state index in [1.165, 1.54) is 5.56 Å². The molecular formula is C21H26N2O2. The van der Waals surface area contributed by atoms with Crippen molar-refractivity contribution in [2.45, 2.75) is 39.3 Å². The highest BCUT2D eigenvalue weighted by molar-refractivity contribution is 5.73. The molecule has 0 saturated carbocycles. The van der Waals surface area contributed by atoms with Gasteiger partial charge in [0.05, 0.1) is 0 Å². The Balaban J connectivity index is 1.62. The predicted octanol–water partition coefficient (Wildman–Crippen LogP) is 3.89. The number of likely N-dealkylation sites (tertiary alicyclic amines) is 1. The molecule has 0 atom stereocenters. The van der Waals surface area contributed by atoms with Gasteiger partial charge in [-0.05, 0) is 43.5 Å². The molecule has 25 heavy (non-hydrogen) atoms. The third-order valence-corrected chi connectivity index (χ3v) is 4.72. The smallest absolute Gasteiger partial charge is 0.219 e. The summed E-state index contributed by atoms with van der Waals surface area (Å²) in [5.74, 6) is 1.93. The number of carbonyl (C=O) groups excluding carboxylic acids is 1. The molecule has 0 unspecified atom stereocenters. The van der Waals surface area contributed by atoms with Crippen LogP contribution in [0.25, 0.3) is 0 Å². The zero-order chi connectivity index (χ0) is 17.6. The van der Waals surface area contributed by atoms with Gasteiger partial charge in [0.2, 0.25) is 5.91 Å². The third-order valence-electron chi connectivity index (χ3n) is 4.72. The molecule has 0 radical (unpaired) electrons. The molecule has 1 aliphatic rings. The summed E-state index contributed by atoms with van der Waals surface area (Å²) in [5.41, 5.74) is 2.34. The monoisotopic (exact) mass is 338 g/mol. The van der Waals surface area contributed by atoms with Crippen molar-refractivity contribution in [1.82, 2.24) is 10.2 Å². The van der Waals surface area contributed by atoms with Gasteiger partial charge in [0, 0.05) is 38.2 Å². The Bertz CT molecular complexity index is 707. The van der Waals surface area contributed by atoms with E-state index in [0.717, 1.165) is 49.5 Å².